The molecule has 6 nitrogen and oxygen atoms in total. The molecular weight excluding hydrogens is 296 g/mol. The number of hydrogen-bond donors (Lipinski definition) is 0. The van der Waals surface area contributed by atoms with E-state index in [0.717, 1.165) is 0 Å². The Bertz CT molecular complexity index is 598. The molecule has 1 atom stereocenters. The van der Waals surface area contributed by atoms with Crippen LogP contribution < -0.4 is 4.74 Å². The van der Waals surface area contributed by atoms with Crippen molar-refractivity contribution in [3.8, 4) is 11.8 Å². The van der Waals surface area contributed by atoms with Crippen molar-refractivity contribution in [1.82, 2.24) is 4.90 Å². The summed E-state index contributed by atoms with van der Waals surface area (Å²) in [5.74, 6) is 0.116. The Balaban J connectivity index is 1.87. The van der Waals surface area contributed by atoms with Gasteiger partial charge < -0.3 is 14.4 Å². The van der Waals surface area contributed by atoms with Crippen molar-refractivity contribution in [3.63, 3.8) is 0 Å². The van der Waals surface area contributed by atoms with Gasteiger partial charge >= 0.3 is 5.97 Å². The number of benzene rings is 1. The van der Waals surface area contributed by atoms with Gasteiger partial charge in [0.2, 0.25) is 0 Å². The molecule has 6 heteroatoms. The maximum absolute atomic E-state index is 12.4. The third-order valence-electron chi connectivity index (χ3n) is 3.99. The summed E-state index contributed by atoms with van der Waals surface area (Å²) in [4.78, 5) is 25.6. The van der Waals surface area contributed by atoms with Gasteiger partial charge in [-0.2, -0.15) is 5.26 Å². The Morgan fingerprint density at radius 1 is 1.26 bits per heavy atom. The highest BCUT2D eigenvalue weighted by Gasteiger charge is 2.30. The van der Waals surface area contributed by atoms with Gasteiger partial charge in [0.15, 0.2) is 6.10 Å². The fourth-order valence-electron chi connectivity index (χ4n) is 2.62. The molecule has 0 saturated carbocycles. The van der Waals surface area contributed by atoms with Crippen molar-refractivity contribution < 1.29 is 19.1 Å². The number of rotatable bonds is 4. The van der Waals surface area contributed by atoms with E-state index in [1.54, 1.807) is 36.1 Å². The molecule has 1 fully saturated rings. The van der Waals surface area contributed by atoms with Gasteiger partial charge in [-0.15, -0.1) is 0 Å². The van der Waals surface area contributed by atoms with E-state index in [0.29, 0.717) is 37.2 Å². The first kappa shape index (κ1) is 16.8. The van der Waals surface area contributed by atoms with Gasteiger partial charge in [0, 0.05) is 13.1 Å². The molecule has 0 N–H and O–H groups in total. The highest BCUT2D eigenvalue weighted by atomic mass is 16.5. The number of carbonyl (C=O) groups is 2. The van der Waals surface area contributed by atoms with Crippen molar-refractivity contribution in [2.45, 2.75) is 25.9 Å². The monoisotopic (exact) mass is 316 g/mol. The van der Waals surface area contributed by atoms with Crippen LogP contribution in [-0.2, 0) is 14.3 Å². The lowest BCUT2D eigenvalue weighted by molar-refractivity contribution is -0.150. The van der Waals surface area contributed by atoms with E-state index in [1.165, 1.54) is 7.11 Å². The van der Waals surface area contributed by atoms with Gasteiger partial charge in [0.25, 0.3) is 5.91 Å². The Kier molecular flexibility index (Phi) is 5.58. The summed E-state index contributed by atoms with van der Waals surface area (Å²) in [7, 11) is 1.38. The first-order chi connectivity index (χ1) is 11.0. The second-order valence-corrected chi connectivity index (χ2v) is 5.52. The topological polar surface area (TPSA) is 79.6 Å². The molecule has 1 unspecified atom stereocenters. The van der Waals surface area contributed by atoms with Gasteiger partial charge in [-0.1, -0.05) is 0 Å². The standard InChI is InChI=1S/C17H20N2O4/c1-12(23-15-5-3-13(11-18)4-6-15)16(20)19-9-7-14(8-10-19)17(21)22-2/h3-6,12,14H,7-10H2,1-2H3. The minimum Gasteiger partial charge on any atom is -0.481 e. The number of nitrogens with zero attached hydrogens (tertiary/aromatic N) is 2. The summed E-state index contributed by atoms with van der Waals surface area (Å²) in [5.41, 5.74) is 0.543. The van der Waals surface area contributed by atoms with Crippen LogP contribution >= 0.6 is 0 Å². The summed E-state index contributed by atoms with van der Waals surface area (Å²) >= 11 is 0. The SMILES string of the molecule is COC(=O)C1CCN(C(=O)C(C)Oc2ccc(C#N)cc2)CC1. The quantitative estimate of drug-likeness (QED) is 0.790. The largest absolute Gasteiger partial charge is 0.481 e. The van der Waals surface area contributed by atoms with Crippen LogP contribution in [0, 0.1) is 17.2 Å². The number of methoxy groups -OCH3 is 1. The number of ether oxygens (including phenoxy) is 2. The van der Waals surface area contributed by atoms with Gasteiger partial charge in [-0.3, -0.25) is 9.59 Å². The molecule has 23 heavy (non-hydrogen) atoms. The predicted molar refractivity (Wildman–Crippen MR) is 82.6 cm³/mol. The Morgan fingerprint density at radius 3 is 2.39 bits per heavy atom. The molecular formula is C17H20N2O4. The molecule has 0 bridgehead atoms. The van der Waals surface area contributed by atoms with E-state index >= 15 is 0 Å². The molecule has 1 saturated heterocycles. The lowest BCUT2D eigenvalue weighted by Gasteiger charge is -2.32. The van der Waals surface area contributed by atoms with E-state index < -0.39 is 6.10 Å². The molecule has 1 aliphatic rings. The van der Waals surface area contributed by atoms with Crippen LogP contribution in [0.4, 0.5) is 0 Å². The predicted octanol–water partition coefficient (Wildman–Crippen LogP) is 1.74. The summed E-state index contributed by atoms with van der Waals surface area (Å²) < 4.78 is 10.4. The van der Waals surface area contributed by atoms with Crippen LogP contribution in [0.15, 0.2) is 24.3 Å². The van der Waals surface area contributed by atoms with Crippen LogP contribution in [0.3, 0.4) is 0 Å². The fraction of sp³-hybridized carbons (Fsp3) is 0.471. The van der Waals surface area contributed by atoms with Crippen molar-refractivity contribution in [2.24, 2.45) is 5.92 Å². The Morgan fingerprint density at radius 2 is 1.87 bits per heavy atom. The maximum atomic E-state index is 12.4. The second kappa shape index (κ2) is 7.63. The lowest BCUT2D eigenvalue weighted by Crippen LogP contribution is -2.45. The molecule has 1 aromatic rings. The second-order valence-electron chi connectivity index (χ2n) is 5.52. The van der Waals surface area contributed by atoms with Crippen LogP contribution in [0.5, 0.6) is 5.75 Å². The number of carbonyl (C=O) groups excluding carboxylic acids is 2. The number of hydrogen-bond acceptors (Lipinski definition) is 5. The van der Waals surface area contributed by atoms with Crippen LogP contribution in [0.2, 0.25) is 0 Å². The van der Waals surface area contributed by atoms with Crippen LogP contribution in [-0.4, -0.2) is 43.1 Å². The summed E-state index contributed by atoms with van der Waals surface area (Å²) in [6.45, 7) is 2.76. The third kappa shape index (κ3) is 4.22. The average molecular weight is 316 g/mol. The number of piperidine rings is 1. The number of esters is 1. The fourth-order valence-corrected chi connectivity index (χ4v) is 2.62. The number of amides is 1. The zero-order valence-electron chi connectivity index (χ0n) is 13.3. The van der Waals surface area contributed by atoms with E-state index in [4.69, 9.17) is 14.7 Å². The minimum atomic E-state index is -0.613. The first-order valence-electron chi connectivity index (χ1n) is 7.58. The Hall–Kier alpha value is -2.55. The highest BCUT2D eigenvalue weighted by molar-refractivity contribution is 5.81. The van der Waals surface area contributed by atoms with Gasteiger partial charge in [-0.25, -0.2) is 0 Å². The summed E-state index contributed by atoms with van der Waals surface area (Å²) in [6, 6.07) is 8.67. The molecule has 1 aromatic carbocycles. The third-order valence-corrected chi connectivity index (χ3v) is 3.99. The summed E-state index contributed by atoms with van der Waals surface area (Å²) in [6.07, 6.45) is 0.613. The number of nitriles is 1. The molecule has 0 aliphatic carbocycles. The molecule has 1 heterocycles. The van der Waals surface area contributed by atoms with E-state index in [2.05, 4.69) is 0 Å². The van der Waals surface area contributed by atoms with Gasteiger partial charge in [-0.05, 0) is 44.0 Å². The molecule has 1 aliphatic heterocycles. The normalized spacial score (nSPS) is 16.3. The van der Waals surface area contributed by atoms with Crippen molar-refractivity contribution in [2.75, 3.05) is 20.2 Å². The zero-order chi connectivity index (χ0) is 16.8. The van der Waals surface area contributed by atoms with Gasteiger partial charge in [0.1, 0.15) is 5.75 Å². The molecule has 122 valence electrons. The van der Waals surface area contributed by atoms with E-state index in [1.807, 2.05) is 6.07 Å². The molecule has 0 radical (unpaired) electrons. The van der Waals surface area contributed by atoms with E-state index in [-0.39, 0.29) is 17.8 Å². The highest BCUT2D eigenvalue weighted by Crippen LogP contribution is 2.20. The molecule has 0 spiro atoms. The molecule has 2 rings (SSSR count). The van der Waals surface area contributed by atoms with Crippen molar-refractivity contribution >= 4 is 11.9 Å². The van der Waals surface area contributed by atoms with Crippen LogP contribution in [0.1, 0.15) is 25.3 Å². The van der Waals surface area contributed by atoms with Crippen LogP contribution in [0.25, 0.3) is 0 Å². The number of likely N-dealkylation sites (tertiary alicyclic amines) is 1. The minimum absolute atomic E-state index is 0.0994. The lowest BCUT2D eigenvalue weighted by atomic mass is 9.97. The van der Waals surface area contributed by atoms with Gasteiger partial charge in [0.05, 0.1) is 24.7 Å². The maximum Gasteiger partial charge on any atom is 0.308 e. The molecule has 0 aromatic heterocycles. The zero-order valence-corrected chi connectivity index (χ0v) is 13.3. The van der Waals surface area contributed by atoms with Crippen molar-refractivity contribution in [1.29, 1.82) is 5.26 Å². The first-order valence-corrected chi connectivity index (χ1v) is 7.58. The van der Waals surface area contributed by atoms with Crippen molar-refractivity contribution in [3.05, 3.63) is 29.8 Å². The average Bonchev–Trinajstić information content (AvgIpc) is 2.61. The smallest absolute Gasteiger partial charge is 0.308 e. The van der Waals surface area contributed by atoms with E-state index in [9.17, 15) is 9.59 Å². The Labute approximate surface area is 135 Å². The summed E-state index contributed by atoms with van der Waals surface area (Å²) in [5, 5.41) is 8.76. The molecule has 1 amide bonds.